The number of nitrogens with one attached hydrogen (secondary N) is 1. The highest BCUT2D eigenvalue weighted by atomic mass is 16.3. The van der Waals surface area contributed by atoms with Gasteiger partial charge in [0.2, 0.25) is 0 Å². The molecule has 3 heteroatoms. The van der Waals surface area contributed by atoms with Crippen LogP contribution in [0.5, 0.6) is 0 Å². The molecule has 0 spiro atoms. The van der Waals surface area contributed by atoms with Gasteiger partial charge in [0.05, 0.1) is 6.54 Å². The van der Waals surface area contributed by atoms with Gasteiger partial charge in [0.15, 0.2) is 0 Å². The molecular weight excluding hydrogens is 212 g/mol. The van der Waals surface area contributed by atoms with Gasteiger partial charge >= 0.3 is 0 Å². The largest absolute Gasteiger partial charge is 0.465 e. The molecule has 1 aromatic rings. The van der Waals surface area contributed by atoms with Crippen LogP contribution >= 0.6 is 0 Å². The fourth-order valence-electron chi connectivity index (χ4n) is 2.73. The van der Waals surface area contributed by atoms with Gasteiger partial charge in [-0.2, -0.15) is 0 Å². The van der Waals surface area contributed by atoms with E-state index >= 15 is 0 Å². The maximum atomic E-state index is 5.64. The molecule has 0 bridgehead atoms. The van der Waals surface area contributed by atoms with Crippen molar-refractivity contribution < 1.29 is 4.42 Å². The van der Waals surface area contributed by atoms with E-state index in [9.17, 15) is 0 Å². The van der Waals surface area contributed by atoms with Gasteiger partial charge in [-0.3, -0.25) is 4.90 Å². The summed E-state index contributed by atoms with van der Waals surface area (Å²) in [6.07, 6.45) is 1.24. The third kappa shape index (κ3) is 3.33. The molecule has 3 nitrogen and oxygen atoms in total. The average Bonchev–Trinajstić information content (AvgIpc) is 2.68. The lowest BCUT2D eigenvalue weighted by Crippen LogP contribution is -2.47. The van der Waals surface area contributed by atoms with Crippen LogP contribution in [-0.4, -0.2) is 30.6 Å². The van der Waals surface area contributed by atoms with E-state index in [1.165, 1.54) is 13.0 Å². The molecule has 2 heterocycles. The predicted molar refractivity (Wildman–Crippen MR) is 70.0 cm³/mol. The first-order chi connectivity index (χ1) is 8.19. The molecule has 2 unspecified atom stereocenters. The third-order valence-corrected chi connectivity index (χ3v) is 3.63. The summed E-state index contributed by atoms with van der Waals surface area (Å²) in [6, 6.07) is 4.83. The lowest BCUT2D eigenvalue weighted by atomic mass is 9.94. The first kappa shape index (κ1) is 12.7. The second kappa shape index (κ2) is 5.69. The molecule has 0 saturated carbocycles. The Morgan fingerprint density at radius 1 is 1.47 bits per heavy atom. The number of hydrogen-bond donors (Lipinski definition) is 1. The summed E-state index contributed by atoms with van der Waals surface area (Å²) in [5, 5.41) is 3.57. The van der Waals surface area contributed by atoms with Crippen molar-refractivity contribution in [2.75, 3.05) is 19.6 Å². The van der Waals surface area contributed by atoms with Crippen LogP contribution in [0.2, 0.25) is 0 Å². The maximum absolute atomic E-state index is 5.64. The zero-order valence-electron chi connectivity index (χ0n) is 11.2. The van der Waals surface area contributed by atoms with Crippen LogP contribution in [0.25, 0.3) is 0 Å². The standard InChI is InChI=1S/C14H24N2O/c1-4-15-14-7-8-16(9-11(14)2)10-13-6-5-12(3)17-13/h5-6,11,14-15H,4,7-10H2,1-3H3. The number of furan rings is 1. The minimum atomic E-state index is 0.689. The molecule has 0 amide bonds. The van der Waals surface area contributed by atoms with Crippen LogP contribution in [0.15, 0.2) is 16.5 Å². The van der Waals surface area contributed by atoms with E-state index < -0.39 is 0 Å². The Labute approximate surface area is 104 Å². The van der Waals surface area contributed by atoms with E-state index in [4.69, 9.17) is 4.42 Å². The fraction of sp³-hybridized carbons (Fsp3) is 0.714. The molecule has 1 N–H and O–H groups in total. The van der Waals surface area contributed by atoms with Gasteiger partial charge in [0.1, 0.15) is 11.5 Å². The van der Waals surface area contributed by atoms with Crippen molar-refractivity contribution in [2.45, 2.75) is 39.8 Å². The monoisotopic (exact) mass is 236 g/mol. The molecule has 1 fully saturated rings. The lowest BCUT2D eigenvalue weighted by molar-refractivity contribution is 0.133. The zero-order valence-corrected chi connectivity index (χ0v) is 11.2. The Hall–Kier alpha value is -0.800. The summed E-state index contributed by atoms with van der Waals surface area (Å²) in [4.78, 5) is 2.50. The SMILES string of the molecule is CCNC1CCN(Cc2ccc(C)o2)CC1C. The van der Waals surface area contributed by atoms with Gasteiger partial charge in [0, 0.05) is 19.1 Å². The van der Waals surface area contributed by atoms with E-state index in [0.29, 0.717) is 6.04 Å². The van der Waals surface area contributed by atoms with Crippen molar-refractivity contribution in [1.82, 2.24) is 10.2 Å². The van der Waals surface area contributed by atoms with Crippen molar-refractivity contribution in [3.8, 4) is 0 Å². The first-order valence-corrected chi connectivity index (χ1v) is 6.70. The van der Waals surface area contributed by atoms with Gasteiger partial charge in [-0.25, -0.2) is 0 Å². The minimum Gasteiger partial charge on any atom is -0.465 e. The molecule has 0 aromatic carbocycles. The van der Waals surface area contributed by atoms with Crippen molar-refractivity contribution in [1.29, 1.82) is 0 Å². The number of aryl methyl sites for hydroxylation is 1. The van der Waals surface area contributed by atoms with E-state index in [2.05, 4.69) is 30.1 Å². The van der Waals surface area contributed by atoms with E-state index in [0.717, 1.165) is 37.1 Å². The summed E-state index contributed by atoms with van der Waals surface area (Å²) in [5.41, 5.74) is 0. The van der Waals surface area contributed by atoms with E-state index in [1.54, 1.807) is 0 Å². The Bertz CT molecular complexity index is 348. The molecule has 1 saturated heterocycles. The second-order valence-corrected chi connectivity index (χ2v) is 5.18. The normalized spacial score (nSPS) is 26.3. The molecule has 1 aliphatic rings. The third-order valence-electron chi connectivity index (χ3n) is 3.63. The van der Waals surface area contributed by atoms with Crippen LogP contribution in [-0.2, 0) is 6.54 Å². The van der Waals surface area contributed by atoms with Gasteiger partial charge in [-0.15, -0.1) is 0 Å². The maximum Gasteiger partial charge on any atom is 0.118 e. The van der Waals surface area contributed by atoms with Gasteiger partial charge in [-0.1, -0.05) is 13.8 Å². The number of nitrogens with zero attached hydrogens (tertiary/aromatic N) is 1. The molecule has 1 aromatic heterocycles. The smallest absolute Gasteiger partial charge is 0.118 e. The van der Waals surface area contributed by atoms with Crippen molar-refractivity contribution in [3.63, 3.8) is 0 Å². The molecule has 0 radical (unpaired) electrons. The van der Waals surface area contributed by atoms with Gasteiger partial charge in [0.25, 0.3) is 0 Å². The molecule has 2 rings (SSSR count). The second-order valence-electron chi connectivity index (χ2n) is 5.18. The molecular formula is C14H24N2O. The van der Waals surface area contributed by atoms with Crippen molar-refractivity contribution in [2.24, 2.45) is 5.92 Å². The zero-order chi connectivity index (χ0) is 12.3. The highest BCUT2D eigenvalue weighted by molar-refractivity contribution is 5.05. The summed E-state index contributed by atoms with van der Waals surface area (Å²) in [6.45, 7) is 10.9. The van der Waals surface area contributed by atoms with Crippen molar-refractivity contribution in [3.05, 3.63) is 23.7 Å². The van der Waals surface area contributed by atoms with Crippen LogP contribution in [0.1, 0.15) is 31.8 Å². The topological polar surface area (TPSA) is 28.4 Å². The molecule has 2 atom stereocenters. The van der Waals surface area contributed by atoms with Gasteiger partial charge < -0.3 is 9.73 Å². The molecule has 96 valence electrons. The predicted octanol–water partition coefficient (Wildman–Crippen LogP) is 2.41. The molecule has 17 heavy (non-hydrogen) atoms. The highest BCUT2D eigenvalue weighted by Gasteiger charge is 2.25. The first-order valence-electron chi connectivity index (χ1n) is 6.70. The minimum absolute atomic E-state index is 0.689. The molecule has 0 aliphatic carbocycles. The highest BCUT2D eigenvalue weighted by Crippen LogP contribution is 2.19. The Morgan fingerprint density at radius 2 is 2.29 bits per heavy atom. The summed E-state index contributed by atoms with van der Waals surface area (Å²) >= 11 is 0. The summed E-state index contributed by atoms with van der Waals surface area (Å²) in [5.74, 6) is 2.83. The van der Waals surface area contributed by atoms with Gasteiger partial charge in [-0.05, 0) is 37.9 Å². The lowest BCUT2D eigenvalue weighted by Gasteiger charge is -2.36. The molecule has 1 aliphatic heterocycles. The average molecular weight is 236 g/mol. The number of rotatable bonds is 4. The Kier molecular flexibility index (Phi) is 4.24. The van der Waals surface area contributed by atoms with E-state index in [1.807, 2.05) is 13.0 Å². The Morgan fingerprint density at radius 3 is 2.88 bits per heavy atom. The van der Waals surface area contributed by atoms with Crippen LogP contribution in [0, 0.1) is 12.8 Å². The van der Waals surface area contributed by atoms with Crippen LogP contribution < -0.4 is 5.32 Å². The Balaban J connectivity index is 1.85. The fourth-order valence-corrected chi connectivity index (χ4v) is 2.73. The quantitative estimate of drug-likeness (QED) is 0.870. The van der Waals surface area contributed by atoms with E-state index in [-0.39, 0.29) is 0 Å². The van der Waals surface area contributed by atoms with Crippen molar-refractivity contribution >= 4 is 0 Å². The number of piperidine rings is 1. The number of likely N-dealkylation sites (tertiary alicyclic amines) is 1. The van der Waals surface area contributed by atoms with Crippen LogP contribution in [0.3, 0.4) is 0 Å². The summed E-state index contributed by atoms with van der Waals surface area (Å²) < 4.78 is 5.64. The summed E-state index contributed by atoms with van der Waals surface area (Å²) in [7, 11) is 0. The van der Waals surface area contributed by atoms with Crippen LogP contribution in [0.4, 0.5) is 0 Å². The number of hydrogen-bond acceptors (Lipinski definition) is 3.